The van der Waals surface area contributed by atoms with Gasteiger partial charge in [-0.2, -0.15) is 0 Å². The topological polar surface area (TPSA) is 103 Å². The predicted molar refractivity (Wildman–Crippen MR) is 116 cm³/mol. The fourth-order valence-electron chi connectivity index (χ4n) is 2.21. The lowest BCUT2D eigenvalue weighted by Gasteiger charge is -2.12. The number of nitrogens with zero attached hydrogens (tertiary/aromatic N) is 1. The van der Waals surface area contributed by atoms with Crippen molar-refractivity contribution in [3.63, 3.8) is 0 Å². The largest absolute Gasteiger partial charge is 0.395 e. The van der Waals surface area contributed by atoms with Crippen molar-refractivity contribution in [2.75, 3.05) is 23.8 Å². The number of pyridine rings is 1. The van der Waals surface area contributed by atoms with Crippen LogP contribution >= 0.6 is 23.2 Å². The number of aromatic nitrogens is 1. The minimum Gasteiger partial charge on any atom is -0.395 e. The number of carbonyl (C=O) groups is 2. The van der Waals surface area contributed by atoms with Gasteiger partial charge in [0.25, 0.3) is 5.91 Å². The molecule has 9 heteroatoms. The third-order valence-electron chi connectivity index (χ3n) is 3.62. The van der Waals surface area contributed by atoms with Crippen LogP contribution in [0.15, 0.2) is 30.5 Å². The molecule has 1 aromatic carbocycles. The van der Waals surface area contributed by atoms with Gasteiger partial charge in [-0.3, -0.25) is 9.59 Å². The minimum absolute atomic E-state index is 0.0222. The molecule has 29 heavy (non-hydrogen) atoms. The summed E-state index contributed by atoms with van der Waals surface area (Å²) >= 11 is 12.4. The van der Waals surface area contributed by atoms with Crippen molar-refractivity contribution < 1.29 is 14.7 Å². The molecule has 1 saturated carbocycles. The molecule has 1 aromatic heterocycles. The summed E-state index contributed by atoms with van der Waals surface area (Å²) in [7, 11) is 0. The van der Waals surface area contributed by atoms with E-state index < -0.39 is 5.91 Å². The minimum atomic E-state index is -0.477. The van der Waals surface area contributed by atoms with Gasteiger partial charge < -0.3 is 21.1 Å². The summed E-state index contributed by atoms with van der Waals surface area (Å²) in [6.45, 7) is 2.29. The molecule has 1 aliphatic rings. The van der Waals surface area contributed by atoms with E-state index in [1.165, 1.54) is 38.4 Å². The normalized spacial score (nSPS) is 11.9. The summed E-state index contributed by atoms with van der Waals surface area (Å²) in [6, 6.07) is 6.39. The number of hydrogen-bond acceptors (Lipinski definition) is 5. The number of carbonyl (C=O) groups excluding carboxylic acids is 2. The molecular weight excluding hydrogens is 415 g/mol. The number of hydrogen-bond donors (Lipinski definition) is 4. The lowest BCUT2D eigenvalue weighted by Crippen LogP contribution is -2.18. The second-order valence-electron chi connectivity index (χ2n) is 6.46. The van der Waals surface area contributed by atoms with Crippen molar-refractivity contribution in [2.24, 2.45) is 0 Å². The summed E-state index contributed by atoms with van der Waals surface area (Å²) in [5.74, 6) is -0.426. The van der Waals surface area contributed by atoms with E-state index in [1.54, 1.807) is 18.2 Å². The molecule has 0 saturated heterocycles. The summed E-state index contributed by atoms with van der Waals surface area (Å²) in [4.78, 5) is 27.6. The molecule has 2 amide bonds. The molecule has 1 fully saturated rings. The Morgan fingerprint density at radius 3 is 2.31 bits per heavy atom. The van der Waals surface area contributed by atoms with Gasteiger partial charge in [0.1, 0.15) is 5.82 Å². The van der Waals surface area contributed by atoms with E-state index in [0.717, 1.165) is 5.56 Å². The molecule has 0 radical (unpaired) electrons. The van der Waals surface area contributed by atoms with Gasteiger partial charge in [0.2, 0.25) is 5.91 Å². The SMILES string of the molecule is C1CC1.CC(=O)Nc1cc(NC(=O)c2c(Cl)cc(CNCCO)cc2Cl)ccn1. The highest BCUT2D eigenvalue weighted by molar-refractivity contribution is 6.40. The average molecular weight is 439 g/mol. The Balaban J connectivity index is 0.000000912. The Morgan fingerprint density at radius 1 is 1.10 bits per heavy atom. The predicted octanol–water partition coefficient (Wildman–Crippen LogP) is 3.85. The van der Waals surface area contributed by atoms with Gasteiger partial charge in [-0.25, -0.2) is 4.98 Å². The van der Waals surface area contributed by atoms with E-state index in [1.807, 2.05) is 0 Å². The molecule has 0 unspecified atom stereocenters. The zero-order valence-electron chi connectivity index (χ0n) is 16.1. The monoisotopic (exact) mass is 438 g/mol. The molecule has 0 bridgehead atoms. The van der Waals surface area contributed by atoms with Gasteiger partial charge in [-0.1, -0.05) is 42.5 Å². The number of benzene rings is 1. The standard InChI is InChI=1S/C17H18Cl2N4O3.C3H6/c1-10(25)22-15-8-12(2-3-21-15)23-17(26)16-13(18)6-11(7-14(16)19)9-20-4-5-24;1-2-3-1/h2-3,6-8,20,24H,4-5,9H2,1H3,(H2,21,22,23,25,26);1-3H2. The Kier molecular flexibility index (Phi) is 9.34. The molecule has 7 nitrogen and oxygen atoms in total. The maximum Gasteiger partial charge on any atom is 0.258 e. The van der Waals surface area contributed by atoms with Crippen LogP contribution < -0.4 is 16.0 Å². The lowest BCUT2D eigenvalue weighted by atomic mass is 10.1. The Bertz CT molecular complexity index is 834. The van der Waals surface area contributed by atoms with Crippen LogP contribution in [0.1, 0.15) is 42.1 Å². The first-order valence-corrected chi connectivity index (χ1v) is 10.0. The highest BCUT2D eigenvalue weighted by Crippen LogP contribution is 2.28. The number of halogens is 2. The molecule has 2 aromatic rings. The number of aliphatic hydroxyl groups excluding tert-OH is 1. The van der Waals surface area contributed by atoms with Crippen molar-refractivity contribution >= 4 is 46.5 Å². The van der Waals surface area contributed by atoms with E-state index in [9.17, 15) is 9.59 Å². The third-order valence-corrected chi connectivity index (χ3v) is 4.22. The van der Waals surface area contributed by atoms with Crippen molar-refractivity contribution in [2.45, 2.75) is 32.7 Å². The van der Waals surface area contributed by atoms with E-state index in [2.05, 4.69) is 20.9 Å². The summed E-state index contributed by atoms with van der Waals surface area (Å²) < 4.78 is 0. The van der Waals surface area contributed by atoms with Crippen LogP contribution in [0.25, 0.3) is 0 Å². The second-order valence-corrected chi connectivity index (χ2v) is 7.27. The van der Waals surface area contributed by atoms with Gasteiger partial charge >= 0.3 is 0 Å². The Hall–Kier alpha value is -2.19. The molecule has 4 N–H and O–H groups in total. The highest BCUT2D eigenvalue weighted by Gasteiger charge is 2.17. The van der Waals surface area contributed by atoms with Crippen LogP contribution in [0.5, 0.6) is 0 Å². The average Bonchev–Trinajstić information content (AvgIpc) is 3.50. The van der Waals surface area contributed by atoms with E-state index >= 15 is 0 Å². The molecule has 0 spiro atoms. The first kappa shape index (κ1) is 23.1. The third kappa shape index (κ3) is 8.37. The molecular formula is C20H24Cl2N4O3. The summed E-state index contributed by atoms with van der Waals surface area (Å²) in [5.41, 5.74) is 1.38. The van der Waals surface area contributed by atoms with E-state index in [-0.39, 0.29) is 28.1 Å². The number of amides is 2. The van der Waals surface area contributed by atoms with Crippen molar-refractivity contribution in [1.82, 2.24) is 10.3 Å². The molecule has 1 heterocycles. The molecule has 156 valence electrons. The number of rotatable bonds is 7. The van der Waals surface area contributed by atoms with Crippen LogP contribution in [-0.2, 0) is 11.3 Å². The summed E-state index contributed by atoms with van der Waals surface area (Å²) in [6.07, 6.45) is 5.96. The maximum absolute atomic E-state index is 12.5. The first-order chi connectivity index (χ1) is 13.9. The van der Waals surface area contributed by atoms with Crippen LogP contribution in [-0.4, -0.2) is 35.1 Å². The quantitative estimate of drug-likeness (QED) is 0.491. The van der Waals surface area contributed by atoms with Gasteiger partial charge in [-0.15, -0.1) is 0 Å². The van der Waals surface area contributed by atoms with Crippen molar-refractivity contribution in [3.05, 3.63) is 51.6 Å². The zero-order valence-corrected chi connectivity index (χ0v) is 17.6. The molecule has 0 aliphatic heterocycles. The van der Waals surface area contributed by atoms with Crippen LogP contribution in [0, 0.1) is 0 Å². The van der Waals surface area contributed by atoms with Crippen LogP contribution in [0.2, 0.25) is 10.0 Å². The van der Waals surface area contributed by atoms with Gasteiger partial charge in [-0.05, 0) is 23.8 Å². The number of aliphatic hydroxyl groups is 1. The van der Waals surface area contributed by atoms with Crippen molar-refractivity contribution in [1.29, 1.82) is 0 Å². The maximum atomic E-state index is 12.5. The van der Waals surface area contributed by atoms with E-state index in [0.29, 0.717) is 24.6 Å². The fraction of sp³-hybridized carbons (Fsp3) is 0.350. The fourth-order valence-corrected chi connectivity index (χ4v) is 2.91. The molecule has 3 rings (SSSR count). The number of nitrogens with one attached hydrogen (secondary N) is 3. The highest BCUT2D eigenvalue weighted by atomic mass is 35.5. The van der Waals surface area contributed by atoms with Crippen LogP contribution in [0.4, 0.5) is 11.5 Å². The van der Waals surface area contributed by atoms with Gasteiger partial charge in [0.15, 0.2) is 0 Å². The first-order valence-electron chi connectivity index (χ1n) is 9.25. The van der Waals surface area contributed by atoms with Crippen LogP contribution in [0.3, 0.4) is 0 Å². The Morgan fingerprint density at radius 2 is 1.76 bits per heavy atom. The van der Waals surface area contributed by atoms with Gasteiger partial charge in [0.05, 0.1) is 22.2 Å². The van der Waals surface area contributed by atoms with Crippen molar-refractivity contribution in [3.8, 4) is 0 Å². The smallest absolute Gasteiger partial charge is 0.258 e. The number of anilines is 2. The lowest BCUT2D eigenvalue weighted by molar-refractivity contribution is -0.114. The Labute approximate surface area is 179 Å². The van der Waals surface area contributed by atoms with E-state index in [4.69, 9.17) is 28.3 Å². The summed E-state index contributed by atoms with van der Waals surface area (Å²) in [5, 5.41) is 17.4. The zero-order chi connectivity index (χ0) is 21.2. The molecule has 0 atom stereocenters. The molecule has 1 aliphatic carbocycles. The van der Waals surface area contributed by atoms with Gasteiger partial charge in [0, 0.05) is 38.0 Å². The second kappa shape index (κ2) is 11.7.